The molecule has 0 bridgehead atoms. The Balaban J connectivity index is 1.94. The Labute approximate surface area is 213 Å². The standard InChI is InChI=1S/C24H32N4O7S/c1-4-35-13-15-5-7-17(8-6-15)27-23(33)16(10-20(25)30)9-18(29)14(2)26-21(31)12-28-22(32)11-19(36-3)24(28)34/h5-8,14,16,19H,4,9-13H2,1-3H3,(H2,25,30)(H,26,31)(H,27,33)/t14-,16-,19?/m0/s1. The van der Waals surface area contributed by atoms with Crippen LogP contribution in [0, 0.1) is 5.92 Å². The van der Waals surface area contributed by atoms with E-state index in [2.05, 4.69) is 10.6 Å². The molecule has 0 spiro atoms. The molecule has 36 heavy (non-hydrogen) atoms. The summed E-state index contributed by atoms with van der Waals surface area (Å²) in [5.74, 6) is -4.42. The Morgan fingerprint density at radius 3 is 2.39 bits per heavy atom. The van der Waals surface area contributed by atoms with Gasteiger partial charge in [-0.3, -0.25) is 33.7 Å². The minimum absolute atomic E-state index is 0.0287. The second-order valence-corrected chi connectivity index (χ2v) is 9.44. The van der Waals surface area contributed by atoms with Gasteiger partial charge in [-0.15, -0.1) is 0 Å². The lowest BCUT2D eigenvalue weighted by molar-refractivity contribution is -0.142. The molecule has 1 saturated heterocycles. The van der Waals surface area contributed by atoms with Crippen LogP contribution in [0.3, 0.4) is 0 Å². The lowest BCUT2D eigenvalue weighted by Gasteiger charge is -2.20. The highest BCUT2D eigenvalue weighted by Crippen LogP contribution is 2.22. The molecule has 11 nitrogen and oxygen atoms in total. The Bertz CT molecular complexity index is 999. The van der Waals surface area contributed by atoms with Crippen molar-refractivity contribution >= 4 is 52.8 Å². The highest BCUT2D eigenvalue weighted by Gasteiger charge is 2.39. The van der Waals surface area contributed by atoms with E-state index >= 15 is 0 Å². The first-order chi connectivity index (χ1) is 17.0. The number of nitrogens with zero attached hydrogens (tertiary/aromatic N) is 1. The van der Waals surface area contributed by atoms with E-state index in [1.165, 1.54) is 18.7 Å². The molecule has 1 aliphatic rings. The Morgan fingerprint density at radius 1 is 1.17 bits per heavy atom. The Kier molecular flexibility index (Phi) is 11.1. The molecule has 5 amide bonds. The van der Waals surface area contributed by atoms with Crippen LogP contribution in [0.5, 0.6) is 0 Å². The largest absolute Gasteiger partial charge is 0.377 e. The number of primary amides is 1. The van der Waals surface area contributed by atoms with Crippen LogP contribution in [0.4, 0.5) is 5.69 Å². The zero-order chi connectivity index (χ0) is 26.8. The summed E-state index contributed by atoms with van der Waals surface area (Å²) in [6.45, 7) is 3.83. The molecule has 0 radical (unpaired) electrons. The summed E-state index contributed by atoms with van der Waals surface area (Å²) in [7, 11) is 0. The van der Waals surface area contributed by atoms with Crippen molar-refractivity contribution in [2.75, 3.05) is 24.7 Å². The number of thioether (sulfide) groups is 1. The Morgan fingerprint density at radius 2 is 1.83 bits per heavy atom. The fourth-order valence-corrected chi connectivity index (χ4v) is 4.22. The number of anilines is 1. The quantitative estimate of drug-likeness (QED) is 0.300. The van der Waals surface area contributed by atoms with Gasteiger partial charge in [0.25, 0.3) is 0 Å². The summed E-state index contributed by atoms with van der Waals surface area (Å²) in [6, 6.07) is 5.92. The van der Waals surface area contributed by atoms with Gasteiger partial charge in [-0.2, -0.15) is 11.8 Å². The number of likely N-dealkylation sites (tertiary alicyclic amines) is 1. The van der Waals surface area contributed by atoms with Crippen molar-refractivity contribution in [3.05, 3.63) is 29.8 Å². The van der Waals surface area contributed by atoms with Crippen LogP contribution in [0.1, 0.15) is 38.7 Å². The van der Waals surface area contributed by atoms with Gasteiger partial charge in [-0.1, -0.05) is 12.1 Å². The van der Waals surface area contributed by atoms with Crippen LogP contribution in [0.25, 0.3) is 0 Å². The molecule has 1 aromatic carbocycles. The summed E-state index contributed by atoms with van der Waals surface area (Å²) in [4.78, 5) is 74.4. The lowest BCUT2D eigenvalue weighted by Crippen LogP contribution is -2.46. The van der Waals surface area contributed by atoms with Crippen LogP contribution in [0.15, 0.2) is 24.3 Å². The molecule has 0 aliphatic carbocycles. The number of nitrogens with one attached hydrogen (secondary N) is 2. The predicted molar refractivity (Wildman–Crippen MR) is 134 cm³/mol. The van der Waals surface area contributed by atoms with E-state index in [-0.39, 0.29) is 19.3 Å². The first-order valence-electron chi connectivity index (χ1n) is 11.5. The van der Waals surface area contributed by atoms with Gasteiger partial charge in [0.05, 0.1) is 23.8 Å². The number of carbonyl (C=O) groups is 6. The smallest absolute Gasteiger partial charge is 0.243 e. The number of hydrogen-bond acceptors (Lipinski definition) is 8. The third-order valence-corrected chi connectivity index (χ3v) is 6.55. The number of rotatable bonds is 14. The van der Waals surface area contributed by atoms with Gasteiger partial charge in [0, 0.05) is 31.6 Å². The molecule has 1 fully saturated rings. The molecule has 0 aromatic heterocycles. The molecule has 4 N–H and O–H groups in total. The van der Waals surface area contributed by atoms with E-state index in [9.17, 15) is 28.8 Å². The monoisotopic (exact) mass is 520 g/mol. The SMILES string of the molecule is CCOCc1ccc(NC(=O)[C@H](CC(N)=O)CC(=O)[C@H](C)NC(=O)CN2C(=O)CC(SC)C2=O)cc1. The number of ketones is 1. The van der Waals surface area contributed by atoms with E-state index < -0.39 is 59.1 Å². The fraction of sp³-hybridized carbons (Fsp3) is 0.500. The number of benzene rings is 1. The molecule has 12 heteroatoms. The van der Waals surface area contributed by atoms with Crippen molar-refractivity contribution in [2.45, 2.75) is 51.0 Å². The predicted octanol–water partition coefficient (Wildman–Crippen LogP) is 0.608. The van der Waals surface area contributed by atoms with Crippen LogP contribution >= 0.6 is 11.8 Å². The van der Waals surface area contributed by atoms with E-state index in [4.69, 9.17) is 10.5 Å². The van der Waals surface area contributed by atoms with Gasteiger partial charge < -0.3 is 21.1 Å². The zero-order valence-corrected chi connectivity index (χ0v) is 21.4. The first kappa shape index (κ1) is 29.0. The van der Waals surface area contributed by atoms with E-state index in [0.29, 0.717) is 18.9 Å². The molecular weight excluding hydrogens is 488 g/mol. The van der Waals surface area contributed by atoms with E-state index in [1.807, 2.05) is 6.92 Å². The minimum Gasteiger partial charge on any atom is -0.377 e. The molecule has 1 aromatic rings. The average Bonchev–Trinajstić information content (AvgIpc) is 3.10. The van der Waals surface area contributed by atoms with Gasteiger partial charge in [0.1, 0.15) is 6.54 Å². The molecular formula is C24H32N4O7S. The normalized spacial score (nSPS) is 17.0. The lowest BCUT2D eigenvalue weighted by atomic mass is 9.94. The van der Waals surface area contributed by atoms with Gasteiger partial charge in [-0.25, -0.2) is 0 Å². The summed E-state index contributed by atoms with van der Waals surface area (Å²) in [5, 5.41) is 4.61. The summed E-state index contributed by atoms with van der Waals surface area (Å²) >= 11 is 1.23. The van der Waals surface area contributed by atoms with Gasteiger partial charge in [-0.05, 0) is 37.8 Å². The minimum atomic E-state index is -1.04. The van der Waals surface area contributed by atoms with Crippen LogP contribution in [-0.4, -0.2) is 70.9 Å². The second kappa shape index (κ2) is 13.7. The maximum absolute atomic E-state index is 12.8. The maximum Gasteiger partial charge on any atom is 0.243 e. The summed E-state index contributed by atoms with van der Waals surface area (Å²) in [6.07, 6.45) is 1.04. The average molecular weight is 521 g/mol. The third kappa shape index (κ3) is 8.45. The van der Waals surface area contributed by atoms with Gasteiger partial charge in [0.15, 0.2) is 5.78 Å². The van der Waals surface area contributed by atoms with Crippen LogP contribution < -0.4 is 16.4 Å². The number of amides is 5. The van der Waals surface area contributed by atoms with Crippen LogP contribution in [-0.2, 0) is 40.1 Å². The summed E-state index contributed by atoms with van der Waals surface area (Å²) < 4.78 is 5.33. The van der Waals surface area contributed by atoms with E-state index in [0.717, 1.165) is 10.5 Å². The number of ether oxygens (including phenoxy) is 1. The van der Waals surface area contributed by atoms with Crippen molar-refractivity contribution < 1.29 is 33.5 Å². The molecule has 0 saturated carbocycles. The number of imide groups is 1. The van der Waals surface area contributed by atoms with Crippen molar-refractivity contribution in [1.82, 2.24) is 10.2 Å². The van der Waals surface area contributed by atoms with Crippen molar-refractivity contribution in [1.29, 1.82) is 0 Å². The Hall–Kier alpha value is -3.25. The summed E-state index contributed by atoms with van der Waals surface area (Å²) in [5.41, 5.74) is 6.68. The van der Waals surface area contributed by atoms with Crippen molar-refractivity contribution in [2.24, 2.45) is 11.7 Å². The topological polar surface area (TPSA) is 165 Å². The van der Waals surface area contributed by atoms with Gasteiger partial charge in [0.2, 0.25) is 29.5 Å². The number of Topliss-reactive ketones (excluding diaryl/α,β-unsaturated/α-hetero) is 1. The fourth-order valence-electron chi connectivity index (χ4n) is 3.58. The maximum atomic E-state index is 12.8. The number of hydrogen-bond donors (Lipinski definition) is 3. The molecule has 3 atom stereocenters. The highest BCUT2D eigenvalue weighted by atomic mass is 32.2. The second-order valence-electron chi connectivity index (χ2n) is 8.40. The number of carbonyl (C=O) groups excluding carboxylic acids is 6. The third-order valence-electron chi connectivity index (χ3n) is 5.61. The van der Waals surface area contributed by atoms with Gasteiger partial charge >= 0.3 is 0 Å². The molecule has 2 rings (SSSR count). The van der Waals surface area contributed by atoms with Crippen molar-refractivity contribution in [3.63, 3.8) is 0 Å². The highest BCUT2D eigenvalue weighted by molar-refractivity contribution is 8.00. The number of nitrogens with two attached hydrogens (primary N) is 1. The first-order valence-corrected chi connectivity index (χ1v) is 12.8. The van der Waals surface area contributed by atoms with E-state index in [1.54, 1.807) is 30.5 Å². The zero-order valence-electron chi connectivity index (χ0n) is 20.6. The molecule has 1 heterocycles. The van der Waals surface area contributed by atoms with Crippen LogP contribution in [0.2, 0.25) is 0 Å². The van der Waals surface area contributed by atoms with Crippen molar-refractivity contribution in [3.8, 4) is 0 Å². The molecule has 1 unspecified atom stereocenters. The molecule has 1 aliphatic heterocycles. The molecule has 196 valence electrons.